The van der Waals surface area contributed by atoms with E-state index in [4.69, 9.17) is 4.74 Å². The minimum absolute atomic E-state index is 0.0413. The van der Waals surface area contributed by atoms with Crippen molar-refractivity contribution < 1.29 is 9.53 Å². The number of carbonyl (C=O) groups is 1. The zero-order valence-electron chi connectivity index (χ0n) is 14.5. The van der Waals surface area contributed by atoms with Crippen LogP contribution in [0, 0.1) is 5.41 Å². The normalized spacial score (nSPS) is 16.2. The van der Waals surface area contributed by atoms with E-state index in [1.165, 1.54) is 0 Å². The van der Waals surface area contributed by atoms with Crippen LogP contribution >= 0.6 is 0 Å². The molecule has 0 aliphatic carbocycles. The standard InChI is InChI=1S/C20H25N3O2/c1-25-15-20(11-13-21-14-12-20)19(24)23-18-9-7-17(8-10-18)22-16-5-3-2-4-6-16/h2-10,21-22H,11-15H2,1H3,(H,23,24). The molecule has 0 aromatic heterocycles. The molecule has 0 radical (unpaired) electrons. The first-order valence-corrected chi connectivity index (χ1v) is 8.65. The predicted molar refractivity (Wildman–Crippen MR) is 101 cm³/mol. The van der Waals surface area contributed by atoms with Crippen molar-refractivity contribution in [2.24, 2.45) is 5.41 Å². The summed E-state index contributed by atoms with van der Waals surface area (Å²) in [5, 5.41) is 9.69. The summed E-state index contributed by atoms with van der Waals surface area (Å²) in [5.41, 5.74) is 2.38. The van der Waals surface area contributed by atoms with Crippen LogP contribution in [0.15, 0.2) is 54.6 Å². The number of methoxy groups -OCH3 is 1. The highest BCUT2D eigenvalue weighted by molar-refractivity contribution is 5.95. The summed E-state index contributed by atoms with van der Waals surface area (Å²) in [7, 11) is 1.65. The Kier molecular flexibility index (Phi) is 5.68. The lowest BCUT2D eigenvalue weighted by Gasteiger charge is -2.35. The van der Waals surface area contributed by atoms with Crippen molar-refractivity contribution in [3.05, 3.63) is 54.6 Å². The average Bonchev–Trinajstić information content (AvgIpc) is 2.65. The molecule has 1 heterocycles. The van der Waals surface area contributed by atoms with Crippen molar-refractivity contribution in [2.45, 2.75) is 12.8 Å². The molecule has 0 atom stereocenters. The lowest BCUT2D eigenvalue weighted by atomic mass is 9.78. The number of rotatable bonds is 6. The molecule has 5 heteroatoms. The van der Waals surface area contributed by atoms with Crippen molar-refractivity contribution in [3.63, 3.8) is 0 Å². The smallest absolute Gasteiger partial charge is 0.233 e. The molecule has 5 nitrogen and oxygen atoms in total. The molecule has 0 spiro atoms. The highest BCUT2D eigenvalue weighted by atomic mass is 16.5. The SMILES string of the molecule is COCC1(C(=O)Nc2ccc(Nc3ccccc3)cc2)CCNCC1. The van der Waals surface area contributed by atoms with E-state index in [1.807, 2.05) is 54.6 Å². The number of nitrogens with one attached hydrogen (secondary N) is 3. The molecule has 25 heavy (non-hydrogen) atoms. The second-order valence-electron chi connectivity index (χ2n) is 6.49. The number of para-hydroxylation sites is 1. The Labute approximate surface area is 148 Å². The van der Waals surface area contributed by atoms with Gasteiger partial charge in [0.1, 0.15) is 0 Å². The molecule has 1 aliphatic rings. The Hall–Kier alpha value is -2.37. The first-order valence-electron chi connectivity index (χ1n) is 8.65. The maximum Gasteiger partial charge on any atom is 0.233 e. The van der Waals surface area contributed by atoms with Crippen molar-refractivity contribution >= 4 is 23.0 Å². The summed E-state index contributed by atoms with van der Waals surface area (Å²) in [6.07, 6.45) is 1.58. The third-order valence-corrected chi connectivity index (χ3v) is 4.67. The topological polar surface area (TPSA) is 62.4 Å². The van der Waals surface area contributed by atoms with Gasteiger partial charge < -0.3 is 20.7 Å². The van der Waals surface area contributed by atoms with Crippen LogP contribution in [0.5, 0.6) is 0 Å². The van der Waals surface area contributed by atoms with Crippen LogP contribution in [0.1, 0.15) is 12.8 Å². The number of ether oxygens (including phenoxy) is 1. The van der Waals surface area contributed by atoms with Gasteiger partial charge in [-0.1, -0.05) is 18.2 Å². The number of carbonyl (C=O) groups excluding carboxylic acids is 1. The third-order valence-electron chi connectivity index (χ3n) is 4.67. The molecular formula is C20H25N3O2. The Morgan fingerprint density at radius 1 is 1.00 bits per heavy atom. The number of anilines is 3. The quantitative estimate of drug-likeness (QED) is 0.755. The molecule has 2 aromatic rings. The summed E-state index contributed by atoms with van der Waals surface area (Å²) >= 11 is 0. The van der Waals surface area contributed by atoms with Gasteiger partial charge in [-0.15, -0.1) is 0 Å². The summed E-state index contributed by atoms with van der Waals surface area (Å²) < 4.78 is 5.33. The van der Waals surface area contributed by atoms with E-state index in [0.29, 0.717) is 6.61 Å². The van der Waals surface area contributed by atoms with Crippen LogP contribution in [0.3, 0.4) is 0 Å². The largest absolute Gasteiger partial charge is 0.384 e. The molecular weight excluding hydrogens is 314 g/mol. The Bertz CT molecular complexity index is 674. The van der Waals surface area contributed by atoms with E-state index in [-0.39, 0.29) is 5.91 Å². The van der Waals surface area contributed by atoms with Gasteiger partial charge in [-0.05, 0) is 62.3 Å². The van der Waals surface area contributed by atoms with E-state index in [0.717, 1.165) is 43.0 Å². The minimum atomic E-state index is -0.443. The summed E-state index contributed by atoms with van der Waals surface area (Å²) in [4.78, 5) is 12.8. The van der Waals surface area contributed by atoms with Gasteiger partial charge in [0.15, 0.2) is 0 Å². The van der Waals surface area contributed by atoms with E-state index < -0.39 is 5.41 Å². The molecule has 1 saturated heterocycles. The van der Waals surface area contributed by atoms with Crippen molar-refractivity contribution in [3.8, 4) is 0 Å². The summed E-state index contributed by atoms with van der Waals surface area (Å²) in [6.45, 7) is 2.14. The molecule has 0 saturated carbocycles. The van der Waals surface area contributed by atoms with Crippen molar-refractivity contribution in [1.29, 1.82) is 0 Å². The summed E-state index contributed by atoms with van der Waals surface area (Å²) in [5.74, 6) is 0.0413. The average molecular weight is 339 g/mol. The van der Waals surface area contributed by atoms with Crippen LogP contribution < -0.4 is 16.0 Å². The number of benzene rings is 2. The Balaban J connectivity index is 1.65. The molecule has 132 valence electrons. The van der Waals surface area contributed by atoms with Crippen molar-refractivity contribution in [2.75, 3.05) is 37.4 Å². The van der Waals surface area contributed by atoms with Crippen LogP contribution in [-0.2, 0) is 9.53 Å². The van der Waals surface area contributed by atoms with Gasteiger partial charge in [-0.2, -0.15) is 0 Å². The lowest BCUT2D eigenvalue weighted by Crippen LogP contribution is -2.47. The fourth-order valence-corrected chi connectivity index (χ4v) is 3.21. The number of hydrogen-bond acceptors (Lipinski definition) is 4. The van der Waals surface area contributed by atoms with Gasteiger partial charge in [0, 0.05) is 24.2 Å². The van der Waals surface area contributed by atoms with E-state index >= 15 is 0 Å². The van der Waals surface area contributed by atoms with E-state index in [9.17, 15) is 4.79 Å². The highest BCUT2D eigenvalue weighted by Crippen LogP contribution is 2.31. The first kappa shape index (κ1) is 17.5. The number of piperidine rings is 1. The molecule has 3 N–H and O–H groups in total. The van der Waals surface area contributed by atoms with Gasteiger partial charge >= 0.3 is 0 Å². The number of amides is 1. The van der Waals surface area contributed by atoms with Gasteiger partial charge in [0.05, 0.1) is 12.0 Å². The number of hydrogen-bond donors (Lipinski definition) is 3. The predicted octanol–water partition coefficient (Wildman–Crippen LogP) is 3.38. The zero-order chi connectivity index (χ0) is 17.5. The molecule has 0 bridgehead atoms. The molecule has 1 amide bonds. The van der Waals surface area contributed by atoms with Gasteiger partial charge in [-0.25, -0.2) is 0 Å². The second-order valence-corrected chi connectivity index (χ2v) is 6.49. The lowest BCUT2D eigenvalue weighted by molar-refractivity contribution is -0.130. The first-order chi connectivity index (χ1) is 12.2. The Morgan fingerprint density at radius 3 is 2.24 bits per heavy atom. The molecule has 3 rings (SSSR count). The fourth-order valence-electron chi connectivity index (χ4n) is 3.21. The molecule has 0 unspecified atom stereocenters. The molecule has 1 aliphatic heterocycles. The van der Waals surface area contributed by atoms with Crippen molar-refractivity contribution in [1.82, 2.24) is 5.32 Å². The Morgan fingerprint density at radius 2 is 1.60 bits per heavy atom. The van der Waals surface area contributed by atoms with E-state index in [2.05, 4.69) is 16.0 Å². The molecule has 2 aromatic carbocycles. The van der Waals surface area contributed by atoms with Crippen LogP contribution in [0.25, 0.3) is 0 Å². The van der Waals surface area contributed by atoms with Crippen LogP contribution in [0.4, 0.5) is 17.1 Å². The van der Waals surface area contributed by atoms with Gasteiger partial charge in [0.2, 0.25) is 5.91 Å². The maximum atomic E-state index is 12.8. The summed E-state index contributed by atoms with van der Waals surface area (Å²) in [6, 6.07) is 17.8. The van der Waals surface area contributed by atoms with E-state index in [1.54, 1.807) is 7.11 Å². The maximum absolute atomic E-state index is 12.8. The highest BCUT2D eigenvalue weighted by Gasteiger charge is 2.39. The monoisotopic (exact) mass is 339 g/mol. The minimum Gasteiger partial charge on any atom is -0.384 e. The van der Waals surface area contributed by atoms with Gasteiger partial charge in [0.25, 0.3) is 0 Å². The van der Waals surface area contributed by atoms with Crippen LogP contribution in [0.2, 0.25) is 0 Å². The fraction of sp³-hybridized carbons (Fsp3) is 0.350. The zero-order valence-corrected chi connectivity index (χ0v) is 14.5. The second kappa shape index (κ2) is 8.14. The van der Waals surface area contributed by atoms with Gasteiger partial charge in [-0.3, -0.25) is 4.79 Å². The van der Waals surface area contributed by atoms with Crippen LogP contribution in [-0.4, -0.2) is 32.7 Å². The molecule has 1 fully saturated rings. The third kappa shape index (κ3) is 4.38.